The summed E-state index contributed by atoms with van der Waals surface area (Å²) in [6, 6.07) is 20.4. The fourth-order valence-electron chi connectivity index (χ4n) is 4.59. The van der Waals surface area contributed by atoms with Gasteiger partial charge in [-0.25, -0.2) is 0 Å². The predicted octanol–water partition coefficient (Wildman–Crippen LogP) is 4.90. The zero-order valence-electron chi connectivity index (χ0n) is 22.3. The Morgan fingerprint density at radius 1 is 1.00 bits per heavy atom. The van der Waals surface area contributed by atoms with Crippen LogP contribution in [0.25, 0.3) is 0 Å². The van der Waals surface area contributed by atoms with Crippen LogP contribution in [0.15, 0.2) is 78.0 Å². The molecule has 39 heavy (non-hydrogen) atoms. The van der Waals surface area contributed by atoms with Crippen LogP contribution >= 0.6 is 0 Å². The number of fused-ring (bicyclic) bond motifs is 1. The monoisotopic (exact) mass is 526 g/mol. The van der Waals surface area contributed by atoms with E-state index in [0.717, 1.165) is 11.1 Å². The van der Waals surface area contributed by atoms with E-state index in [-0.39, 0.29) is 5.91 Å². The summed E-state index contributed by atoms with van der Waals surface area (Å²) in [4.78, 5) is 13.8. The number of hydrogen-bond donors (Lipinski definition) is 2. The fourth-order valence-corrected chi connectivity index (χ4v) is 4.59. The van der Waals surface area contributed by atoms with E-state index in [0.29, 0.717) is 53.4 Å². The summed E-state index contributed by atoms with van der Waals surface area (Å²) in [6.07, 6.45) is 0. The van der Waals surface area contributed by atoms with Gasteiger partial charge in [0.2, 0.25) is 5.95 Å². The van der Waals surface area contributed by atoms with Crippen molar-refractivity contribution in [1.29, 1.82) is 0 Å². The van der Waals surface area contributed by atoms with Crippen LogP contribution in [-0.4, -0.2) is 39.8 Å². The first-order valence-electron chi connectivity index (χ1n) is 12.6. The molecule has 1 aliphatic heterocycles. The minimum atomic E-state index is -0.616. The second-order valence-corrected chi connectivity index (χ2v) is 9.08. The highest BCUT2D eigenvalue weighted by Crippen LogP contribution is 2.39. The van der Waals surface area contributed by atoms with Crippen LogP contribution in [0.3, 0.4) is 0 Å². The summed E-state index contributed by atoms with van der Waals surface area (Å²) >= 11 is 0. The van der Waals surface area contributed by atoms with Crippen molar-refractivity contribution in [3.05, 3.63) is 94.7 Å². The van der Waals surface area contributed by atoms with Crippen LogP contribution < -0.4 is 24.8 Å². The second-order valence-electron chi connectivity index (χ2n) is 9.08. The number of aryl methyl sites for hydroxylation is 1. The van der Waals surface area contributed by atoms with E-state index in [4.69, 9.17) is 14.2 Å². The molecule has 5 rings (SSSR count). The first-order chi connectivity index (χ1) is 19.0. The van der Waals surface area contributed by atoms with Crippen LogP contribution in [0, 0.1) is 6.92 Å². The van der Waals surface area contributed by atoms with E-state index in [9.17, 15) is 4.79 Å². The van der Waals surface area contributed by atoms with Gasteiger partial charge in [0.25, 0.3) is 5.91 Å². The van der Waals surface area contributed by atoms with Gasteiger partial charge in [-0.2, -0.15) is 4.68 Å². The summed E-state index contributed by atoms with van der Waals surface area (Å²) in [5.74, 6) is 1.84. The smallest absolute Gasteiger partial charge is 0.255 e. The van der Waals surface area contributed by atoms with Gasteiger partial charge in [0.1, 0.15) is 18.4 Å². The molecule has 0 radical (unpaired) electrons. The van der Waals surface area contributed by atoms with Gasteiger partial charge >= 0.3 is 0 Å². The Morgan fingerprint density at radius 3 is 2.64 bits per heavy atom. The van der Waals surface area contributed by atoms with E-state index >= 15 is 0 Å². The number of hydrogen-bond acceptors (Lipinski definition) is 8. The number of rotatable bonds is 9. The van der Waals surface area contributed by atoms with Crippen molar-refractivity contribution in [3.8, 4) is 17.2 Å². The van der Waals surface area contributed by atoms with Crippen molar-refractivity contribution < 1.29 is 19.0 Å². The maximum absolute atomic E-state index is 13.8. The number of anilines is 2. The average molecular weight is 527 g/mol. The molecule has 1 unspecified atom stereocenters. The lowest BCUT2D eigenvalue weighted by Gasteiger charge is -2.28. The lowest BCUT2D eigenvalue weighted by atomic mass is 9.94. The summed E-state index contributed by atoms with van der Waals surface area (Å²) < 4.78 is 19.1. The van der Waals surface area contributed by atoms with Crippen molar-refractivity contribution in [1.82, 2.24) is 20.2 Å². The van der Waals surface area contributed by atoms with Crippen LogP contribution in [0.1, 0.15) is 36.6 Å². The minimum Gasteiger partial charge on any atom is -0.493 e. The van der Waals surface area contributed by atoms with Gasteiger partial charge in [-0.05, 0) is 66.6 Å². The van der Waals surface area contributed by atoms with Crippen LogP contribution in [-0.2, 0) is 11.4 Å². The molecule has 1 aliphatic rings. The molecule has 0 bridgehead atoms. The number of benzene rings is 3. The third-order valence-electron chi connectivity index (χ3n) is 6.37. The Bertz CT molecular complexity index is 1530. The summed E-state index contributed by atoms with van der Waals surface area (Å²) in [7, 11) is 1.59. The molecule has 0 fully saturated rings. The van der Waals surface area contributed by atoms with E-state index in [2.05, 4.69) is 32.2 Å². The molecule has 3 aromatic carbocycles. The number of carbonyl (C=O) groups excluding carboxylic acids is 1. The molecular formula is C29H30N6O4. The number of para-hydroxylation sites is 2. The third-order valence-corrected chi connectivity index (χ3v) is 6.37. The maximum atomic E-state index is 13.8. The maximum Gasteiger partial charge on any atom is 0.255 e. The molecule has 2 heterocycles. The molecule has 0 spiro atoms. The number of methoxy groups -OCH3 is 1. The Balaban J connectivity index is 1.47. The summed E-state index contributed by atoms with van der Waals surface area (Å²) in [5.41, 5.74) is 4.64. The highest BCUT2D eigenvalue weighted by molar-refractivity contribution is 6.06. The van der Waals surface area contributed by atoms with Crippen molar-refractivity contribution >= 4 is 17.5 Å². The normalized spacial score (nSPS) is 14.3. The van der Waals surface area contributed by atoms with Gasteiger partial charge in [0, 0.05) is 5.70 Å². The molecule has 4 aromatic rings. The molecule has 2 N–H and O–H groups in total. The van der Waals surface area contributed by atoms with E-state index in [1.165, 1.54) is 5.56 Å². The first kappa shape index (κ1) is 25.8. The Morgan fingerprint density at radius 2 is 1.85 bits per heavy atom. The molecule has 200 valence electrons. The quantitative estimate of drug-likeness (QED) is 0.317. The van der Waals surface area contributed by atoms with Gasteiger partial charge in [0.15, 0.2) is 11.5 Å². The van der Waals surface area contributed by atoms with Gasteiger partial charge in [-0.1, -0.05) is 53.1 Å². The molecule has 1 amide bonds. The van der Waals surface area contributed by atoms with Crippen molar-refractivity contribution in [2.45, 2.75) is 33.4 Å². The lowest BCUT2D eigenvalue weighted by Crippen LogP contribution is -2.31. The Labute approximate surface area is 226 Å². The van der Waals surface area contributed by atoms with Gasteiger partial charge in [-0.15, -0.1) is 0 Å². The second kappa shape index (κ2) is 11.3. The van der Waals surface area contributed by atoms with E-state index in [1.54, 1.807) is 17.9 Å². The van der Waals surface area contributed by atoms with E-state index in [1.807, 2.05) is 75.4 Å². The number of carbonyl (C=O) groups is 1. The number of nitrogens with zero attached hydrogens (tertiary/aromatic N) is 4. The SMILES string of the molecule is CCOc1ccccc1NC(=O)C1=C(C)Nc2nnnn2C1c1ccc(OCc2cccc(C)c2)c(OC)c1. The molecule has 0 saturated carbocycles. The zero-order valence-corrected chi connectivity index (χ0v) is 22.3. The highest BCUT2D eigenvalue weighted by Gasteiger charge is 2.35. The van der Waals surface area contributed by atoms with Crippen molar-refractivity contribution in [2.24, 2.45) is 0 Å². The Kier molecular flexibility index (Phi) is 7.44. The number of amides is 1. The van der Waals surface area contributed by atoms with Crippen LogP contribution in [0.4, 0.5) is 11.6 Å². The van der Waals surface area contributed by atoms with Gasteiger partial charge in [0.05, 0.1) is 25.0 Å². The first-order valence-corrected chi connectivity index (χ1v) is 12.6. The van der Waals surface area contributed by atoms with Gasteiger partial charge in [-0.3, -0.25) is 4.79 Å². The molecule has 0 aliphatic carbocycles. The molecule has 0 saturated heterocycles. The van der Waals surface area contributed by atoms with Crippen LogP contribution in [0.5, 0.6) is 17.2 Å². The largest absolute Gasteiger partial charge is 0.493 e. The van der Waals surface area contributed by atoms with Crippen LogP contribution in [0.2, 0.25) is 0 Å². The number of allylic oxidation sites excluding steroid dienone is 1. The standard InChI is InChI=1S/C29H30N6O4/c1-5-38-23-12-7-6-11-22(23)31-28(36)26-19(3)30-29-32-33-34-35(29)27(26)21-13-14-24(25(16-21)37-4)39-17-20-10-8-9-18(2)15-20/h6-16,27H,5,17H2,1-4H3,(H,31,36)(H,30,32,34). The summed E-state index contributed by atoms with van der Waals surface area (Å²) in [6.45, 7) is 6.64. The average Bonchev–Trinajstić information content (AvgIpc) is 3.40. The topological polar surface area (TPSA) is 112 Å². The summed E-state index contributed by atoms with van der Waals surface area (Å²) in [5, 5.41) is 18.2. The molecule has 1 aromatic heterocycles. The minimum absolute atomic E-state index is 0.308. The zero-order chi connectivity index (χ0) is 27.4. The molecule has 10 heteroatoms. The van der Waals surface area contributed by atoms with Crippen molar-refractivity contribution in [2.75, 3.05) is 24.4 Å². The molecular weight excluding hydrogens is 496 g/mol. The van der Waals surface area contributed by atoms with Gasteiger partial charge < -0.3 is 24.8 Å². The fraction of sp³-hybridized carbons (Fsp3) is 0.241. The van der Waals surface area contributed by atoms with Crippen molar-refractivity contribution in [3.63, 3.8) is 0 Å². The predicted molar refractivity (Wildman–Crippen MR) is 147 cm³/mol. The molecule has 10 nitrogen and oxygen atoms in total. The highest BCUT2D eigenvalue weighted by atomic mass is 16.5. The number of aromatic nitrogens is 4. The third kappa shape index (κ3) is 5.40. The lowest BCUT2D eigenvalue weighted by molar-refractivity contribution is -0.113. The number of nitrogens with one attached hydrogen (secondary N) is 2. The van der Waals surface area contributed by atoms with E-state index < -0.39 is 6.04 Å². The Hall–Kier alpha value is -4.86. The molecule has 1 atom stereocenters. The number of ether oxygens (including phenoxy) is 3. The number of tetrazole rings is 1.